The van der Waals surface area contributed by atoms with Gasteiger partial charge >= 0.3 is 0 Å². The number of anilines is 1. The molecule has 4 nitrogen and oxygen atoms in total. The van der Waals surface area contributed by atoms with Gasteiger partial charge < -0.3 is 5.32 Å². The van der Waals surface area contributed by atoms with E-state index in [1.54, 1.807) is 5.32 Å². The van der Waals surface area contributed by atoms with Crippen LogP contribution in [0, 0.1) is 29.1 Å². The van der Waals surface area contributed by atoms with Crippen LogP contribution >= 0.6 is 15.9 Å². The fourth-order valence-corrected chi connectivity index (χ4v) is 3.29. The number of carbonyl (C=O) groups excluding carboxylic acids is 1. The van der Waals surface area contributed by atoms with Crippen molar-refractivity contribution in [3.05, 3.63) is 44.9 Å². The number of hydrogen-bond acceptors (Lipinski definition) is 2. The zero-order valence-corrected chi connectivity index (χ0v) is 14.7. The third-order valence-corrected chi connectivity index (χ3v) is 4.71. The quantitative estimate of drug-likeness (QED) is 0.396. The van der Waals surface area contributed by atoms with Gasteiger partial charge in [-0.25, -0.2) is 30.7 Å². The van der Waals surface area contributed by atoms with Crippen LogP contribution in [0.4, 0.5) is 36.4 Å². The van der Waals surface area contributed by atoms with E-state index in [2.05, 4.69) is 21.0 Å². The minimum absolute atomic E-state index is 0.0176. The number of alkyl halides is 2. The van der Waals surface area contributed by atoms with Gasteiger partial charge in [-0.1, -0.05) is 0 Å². The zero-order chi connectivity index (χ0) is 20.0. The lowest BCUT2D eigenvalue weighted by molar-refractivity contribution is -0.117. The van der Waals surface area contributed by atoms with Gasteiger partial charge in [0, 0.05) is 5.92 Å². The van der Waals surface area contributed by atoms with Gasteiger partial charge in [-0.2, -0.15) is 5.10 Å². The second kappa shape index (κ2) is 7.13. The maximum atomic E-state index is 13.6. The predicted molar refractivity (Wildman–Crippen MR) is 81.7 cm³/mol. The van der Waals surface area contributed by atoms with Crippen molar-refractivity contribution in [3.63, 3.8) is 0 Å². The molecule has 12 heteroatoms. The summed E-state index contributed by atoms with van der Waals surface area (Å²) < 4.78 is 93.6. The molecule has 1 aliphatic rings. The van der Waals surface area contributed by atoms with Gasteiger partial charge in [-0.3, -0.25) is 9.48 Å². The summed E-state index contributed by atoms with van der Waals surface area (Å²) in [7, 11) is 0. The molecule has 0 spiro atoms. The average Bonchev–Trinajstić information content (AvgIpc) is 3.39. The molecule has 0 aliphatic heterocycles. The first-order valence-corrected chi connectivity index (χ1v) is 8.28. The van der Waals surface area contributed by atoms with Crippen LogP contribution in [0.25, 0.3) is 0 Å². The first-order chi connectivity index (χ1) is 12.6. The highest BCUT2D eigenvalue weighted by molar-refractivity contribution is 9.10. The molecule has 0 radical (unpaired) electrons. The van der Waals surface area contributed by atoms with Crippen molar-refractivity contribution in [1.82, 2.24) is 9.78 Å². The van der Waals surface area contributed by atoms with Crippen molar-refractivity contribution in [1.29, 1.82) is 0 Å². The smallest absolute Gasteiger partial charge is 0.283 e. The van der Waals surface area contributed by atoms with Crippen LogP contribution in [0.5, 0.6) is 0 Å². The van der Waals surface area contributed by atoms with Crippen molar-refractivity contribution in [2.45, 2.75) is 31.7 Å². The summed E-state index contributed by atoms with van der Waals surface area (Å²) in [6, 6.07) is 0. The first-order valence-electron chi connectivity index (χ1n) is 7.49. The Balaban J connectivity index is 1.89. The van der Waals surface area contributed by atoms with E-state index in [9.17, 15) is 35.5 Å². The molecular formula is C15H9BrF7N3O. The molecule has 1 N–H and O–H groups in total. The second-order valence-corrected chi connectivity index (χ2v) is 6.60. The van der Waals surface area contributed by atoms with E-state index < -0.39 is 59.3 Å². The average molecular weight is 460 g/mol. The van der Waals surface area contributed by atoms with Crippen LogP contribution in [-0.4, -0.2) is 15.7 Å². The summed E-state index contributed by atoms with van der Waals surface area (Å²) in [6.45, 7) is -0.753. The van der Waals surface area contributed by atoms with Crippen molar-refractivity contribution in [2.24, 2.45) is 0 Å². The standard InChI is InChI=1S/C15H9BrF7N3O/c16-6-12(15(22)23)25-26(14(6)4-1-2-4)3-5(27)24-13-10(20)8(18)7(17)9(19)11(13)21/h4,15H,1-3H2,(H,24,27). The first kappa shape index (κ1) is 19.6. The van der Waals surface area contributed by atoms with Crippen molar-refractivity contribution in [2.75, 3.05) is 5.32 Å². The lowest BCUT2D eigenvalue weighted by Crippen LogP contribution is -2.23. The molecule has 3 rings (SSSR count). The van der Waals surface area contributed by atoms with Gasteiger partial charge in [0.2, 0.25) is 11.7 Å². The molecule has 146 valence electrons. The number of hydrogen-bond donors (Lipinski definition) is 1. The third-order valence-electron chi connectivity index (χ3n) is 3.89. The lowest BCUT2D eigenvalue weighted by Gasteiger charge is -2.11. The molecule has 0 saturated heterocycles. The van der Waals surface area contributed by atoms with Gasteiger partial charge in [0.1, 0.15) is 17.9 Å². The molecule has 1 fully saturated rings. The molecule has 0 unspecified atom stereocenters. The largest absolute Gasteiger partial charge is 0.319 e. The number of carbonyl (C=O) groups is 1. The van der Waals surface area contributed by atoms with E-state index in [4.69, 9.17) is 0 Å². The fraction of sp³-hybridized carbons (Fsp3) is 0.333. The topological polar surface area (TPSA) is 46.9 Å². The Kier molecular flexibility index (Phi) is 5.19. The molecule has 2 aromatic rings. The molecule has 1 saturated carbocycles. The van der Waals surface area contributed by atoms with Crippen LogP contribution < -0.4 is 5.32 Å². The number of halogens is 8. The van der Waals surface area contributed by atoms with Crippen LogP contribution in [0.3, 0.4) is 0 Å². The molecule has 1 aromatic carbocycles. The Morgan fingerprint density at radius 3 is 2.07 bits per heavy atom. The molecule has 0 bridgehead atoms. The van der Waals surface area contributed by atoms with E-state index >= 15 is 0 Å². The summed E-state index contributed by atoms with van der Waals surface area (Å²) in [5.74, 6) is -12.5. The minimum atomic E-state index is -2.93. The second-order valence-electron chi connectivity index (χ2n) is 5.81. The summed E-state index contributed by atoms with van der Waals surface area (Å²) in [4.78, 5) is 12.0. The number of nitrogens with zero attached hydrogens (tertiary/aromatic N) is 2. The highest BCUT2D eigenvalue weighted by Gasteiger charge is 2.34. The van der Waals surface area contributed by atoms with Gasteiger partial charge in [-0.05, 0) is 28.8 Å². The SMILES string of the molecule is O=C(Cn1nc(C(F)F)c(Br)c1C1CC1)Nc1c(F)c(F)c(F)c(F)c1F. The lowest BCUT2D eigenvalue weighted by atomic mass is 10.2. The summed E-state index contributed by atoms with van der Waals surface area (Å²) >= 11 is 2.99. The fourth-order valence-electron chi connectivity index (χ4n) is 2.51. The van der Waals surface area contributed by atoms with E-state index in [0.717, 1.165) is 4.68 Å². The number of benzene rings is 1. The molecule has 0 atom stereocenters. The van der Waals surface area contributed by atoms with E-state index in [1.807, 2.05) is 0 Å². The van der Waals surface area contributed by atoms with Crippen molar-refractivity contribution < 1.29 is 35.5 Å². The molecule has 1 aromatic heterocycles. The maximum Gasteiger partial charge on any atom is 0.283 e. The number of amides is 1. The van der Waals surface area contributed by atoms with Gasteiger partial charge in [0.05, 0.1) is 10.2 Å². The van der Waals surface area contributed by atoms with Crippen LogP contribution in [0.2, 0.25) is 0 Å². The van der Waals surface area contributed by atoms with Gasteiger partial charge in [0.25, 0.3) is 6.43 Å². The Morgan fingerprint density at radius 1 is 1.07 bits per heavy atom. The summed E-state index contributed by atoms with van der Waals surface area (Å²) in [6.07, 6.45) is -1.59. The van der Waals surface area contributed by atoms with E-state index in [1.165, 1.54) is 0 Å². The van der Waals surface area contributed by atoms with Crippen molar-refractivity contribution >= 4 is 27.5 Å². The molecule has 1 aliphatic carbocycles. The van der Waals surface area contributed by atoms with Crippen molar-refractivity contribution in [3.8, 4) is 0 Å². The highest BCUT2D eigenvalue weighted by atomic mass is 79.9. The van der Waals surface area contributed by atoms with Crippen LogP contribution in [0.15, 0.2) is 4.47 Å². The Morgan fingerprint density at radius 2 is 1.59 bits per heavy atom. The zero-order valence-electron chi connectivity index (χ0n) is 13.1. The molecule has 27 heavy (non-hydrogen) atoms. The number of rotatable bonds is 5. The predicted octanol–water partition coefficient (Wildman–Crippen LogP) is 4.79. The minimum Gasteiger partial charge on any atom is -0.319 e. The highest BCUT2D eigenvalue weighted by Crippen LogP contribution is 2.45. The number of nitrogens with one attached hydrogen (secondary N) is 1. The van der Waals surface area contributed by atoms with Gasteiger partial charge in [-0.15, -0.1) is 0 Å². The summed E-state index contributed by atoms with van der Waals surface area (Å²) in [5, 5.41) is 5.19. The Hall–Kier alpha value is -2.11. The van der Waals surface area contributed by atoms with E-state index in [-0.39, 0.29) is 10.4 Å². The maximum absolute atomic E-state index is 13.6. The molecule has 1 heterocycles. The Bertz CT molecular complexity index is 898. The number of aromatic nitrogens is 2. The third kappa shape index (κ3) is 3.54. The normalized spacial score (nSPS) is 14.1. The van der Waals surface area contributed by atoms with Crippen LogP contribution in [-0.2, 0) is 11.3 Å². The summed E-state index contributed by atoms with van der Waals surface area (Å²) in [5.41, 5.74) is -1.83. The molecule has 1 amide bonds. The van der Waals surface area contributed by atoms with Crippen LogP contribution in [0.1, 0.15) is 36.6 Å². The monoisotopic (exact) mass is 459 g/mol. The Labute approximate surface area is 155 Å². The molecular weight excluding hydrogens is 451 g/mol. The van der Waals surface area contributed by atoms with E-state index in [0.29, 0.717) is 18.5 Å². The van der Waals surface area contributed by atoms with Gasteiger partial charge in [0.15, 0.2) is 23.3 Å².